The third-order valence-electron chi connectivity index (χ3n) is 3.93. The summed E-state index contributed by atoms with van der Waals surface area (Å²) in [7, 11) is 0. The molecule has 5 nitrogen and oxygen atoms in total. The first kappa shape index (κ1) is 15.7. The first-order valence-corrected chi connectivity index (χ1v) is 8.39. The summed E-state index contributed by atoms with van der Waals surface area (Å²) in [5.41, 5.74) is 2.28. The van der Waals surface area contributed by atoms with Gasteiger partial charge in [0.25, 0.3) is 0 Å². The standard InChI is InChI=1S/C17H19N3O2S/c1-11-3-5-13(6-4-11)9-20-10-14(7-15(20)21)16(22)19-17-18-8-12(2)23-17/h3-6,8,14H,7,9-10H2,1-2H3,(H,18,19,22). The maximum Gasteiger partial charge on any atom is 0.231 e. The summed E-state index contributed by atoms with van der Waals surface area (Å²) in [6, 6.07) is 8.11. The van der Waals surface area contributed by atoms with Gasteiger partial charge >= 0.3 is 0 Å². The van der Waals surface area contributed by atoms with Gasteiger partial charge in [-0.3, -0.25) is 9.59 Å². The minimum absolute atomic E-state index is 0.0287. The molecule has 1 N–H and O–H groups in total. The van der Waals surface area contributed by atoms with Gasteiger partial charge in [0.05, 0.1) is 5.92 Å². The van der Waals surface area contributed by atoms with Gasteiger partial charge in [0.15, 0.2) is 5.13 Å². The lowest BCUT2D eigenvalue weighted by Gasteiger charge is -2.16. The molecule has 120 valence electrons. The summed E-state index contributed by atoms with van der Waals surface area (Å²) < 4.78 is 0. The van der Waals surface area contributed by atoms with Gasteiger partial charge in [-0.25, -0.2) is 4.98 Å². The van der Waals surface area contributed by atoms with Gasteiger partial charge in [-0.1, -0.05) is 29.8 Å². The van der Waals surface area contributed by atoms with Crippen LogP contribution in [0.3, 0.4) is 0 Å². The van der Waals surface area contributed by atoms with Crippen molar-refractivity contribution in [3.8, 4) is 0 Å². The molecule has 1 aliphatic rings. The lowest BCUT2D eigenvalue weighted by atomic mass is 10.1. The lowest BCUT2D eigenvalue weighted by Crippen LogP contribution is -2.28. The van der Waals surface area contributed by atoms with Crippen molar-refractivity contribution in [2.45, 2.75) is 26.8 Å². The van der Waals surface area contributed by atoms with E-state index in [-0.39, 0.29) is 24.2 Å². The Labute approximate surface area is 139 Å². The number of thiazole rings is 1. The Morgan fingerprint density at radius 3 is 2.74 bits per heavy atom. The minimum atomic E-state index is -0.308. The molecule has 0 radical (unpaired) electrons. The van der Waals surface area contributed by atoms with E-state index >= 15 is 0 Å². The van der Waals surface area contributed by atoms with Crippen LogP contribution in [0, 0.1) is 19.8 Å². The number of carbonyl (C=O) groups excluding carboxylic acids is 2. The number of hydrogen-bond acceptors (Lipinski definition) is 4. The van der Waals surface area contributed by atoms with Gasteiger partial charge in [-0.2, -0.15) is 0 Å². The molecule has 2 heterocycles. The zero-order valence-electron chi connectivity index (χ0n) is 13.2. The number of likely N-dealkylation sites (tertiary alicyclic amines) is 1. The van der Waals surface area contributed by atoms with E-state index in [0.717, 1.165) is 10.4 Å². The van der Waals surface area contributed by atoms with Crippen molar-refractivity contribution in [2.75, 3.05) is 11.9 Å². The van der Waals surface area contributed by atoms with Crippen LogP contribution < -0.4 is 5.32 Å². The van der Waals surface area contributed by atoms with Crippen molar-refractivity contribution in [3.63, 3.8) is 0 Å². The number of anilines is 1. The fraction of sp³-hybridized carbons (Fsp3) is 0.353. The average molecular weight is 329 g/mol. The Kier molecular flexibility index (Phi) is 4.43. The van der Waals surface area contributed by atoms with Crippen molar-refractivity contribution in [1.29, 1.82) is 0 Å². The number of nitrogens with one attached hydrogen (secondary N) is 1. The highest BCUT2D eigenvalue weighted by molar-refractivity contribution is 7.15. The molecule has 0 bridgehead atoms. The molecular formula is C17H19N3O2S. The molecule has 1 aromatic heterocycles. The number of nitrogens with zero attached hydrogens (tertiary/aromatic N) is 2. The monoisotopic (exact) mass is 329 g/mol. The molecule has 0 spiro atoms. The summed E-state index contributed by atoms with van der Waals surface area (Å²) in [5, 5.41) is 3.40. The number of hydrogen-bond donors (Lipinski definition) is 1. The minimum Gasteiger partial charge on any atom is -0.338 e. The fourth-order valence-corrected chi connectivity index (χ4v) is 3.30. The zero-order valence-corrected chi connectivity index (χ0v) is 14.0. The SMILES string of the molecule is Cc1ccc(CN2CC(C(=O)Nc3ncc(C)s3)CC2=O)cc1. The number of amides is 2. The highest BCUT2D eigenvalue weighted by Crippen LogP contribution is 2.23. The molecular weight excluding hydrogens is 310 g/mol. The summed E-state index contributed by atoms with van der Waals surface area (Å²) in [6.07, 6.45) is 1.99. The van der Waals surface area contributed by atoms with Gasteiger partial charge in [-0.15, -0.1) is 11.3 Å². The predicted octanol–water partition coefficient (Wildman–Crippen LogP) is 2.75. The van der Waals surface area contributed by atoms with Crippen LogP contribution in [-0.4, -0.2) is 28.2 Å². The third-order valence-corrected chi connectivity index (χ3v) is 4.76. The maximum absolute atomic E-state index is 12.3. The molecule has 1 unspecified atom stereocenters. The van der Waals surface area contributed by atoms with Crippen molar-refractivity contribution >= 4 is 28.3 Å². The van der Waals surface area contributed by atoms with Crippen LogP contribution in [0.2, 0.25) is 0 Å². The van der Waals surface area contributed by atoms with Crippen LogP contribution in [-0.2, 0) is 16.1 Å². The Morgan fingerprint density at radius 2 is 2.09 bits per heavy atom. The highest BCUT2D eigenvalue weighted by Gasteiger charge is 2.34. The summed E-state index contributed by atoms with van der Waals surface area (Å²) in [5.74, 6) is -0.405. The highest BCUT2D eigenvalue weighted by atomic mass is 32.1. The van der Waals surface area contributed by atoms with Crippen LogP contribution in [0.25, 0.3) is 0 Å². The number of benzene rings is 1. The summed E-state index contributed by atoms with van der Waals surface area (Å²) in [4.78, 5) is 31.4. The van der Waals surface area contributed by atoms with E-state index in [0.29, 0.717) is 18.2 Å². The Morgan fingerprint density at radius 1 is 1.35 bits per heavy atom. The number of rotatable bonds is 4. The third kappa shape index (κ3) is 3.76. The van der Waals surface area contributed by atoms with E-state index < -0.39 is 0 Å². The second kappa shape index (κ2) is 6.50. The second-order valence-corrected chi connectivity index (χ2v) is 7.16. The second-order valence-electron chi connectivity index (χ2n) is 5.93. The number of aryl methyl sites for hydroxylation is 2. The van der Waals surface area contributed by atoms with Crippen molar-refractivity contribution in [2.24, 2.45) is 5.92 Å². The van der Waals surface area contributed by atoms with E-state index in [1.54, 1.807) is 11.1 Å². The smallest absolute Gasteiger partial charge is 0.231 e. The van der Waals surface area contributed by atoms with Gasteiger partial charge in [0, 0.05) is 30.6 Å². The van der Waals surface area contributed by atoms with E-state index in [1.807, 2.05) is 38.1 Å². The van der Waals surface area contributed by atoms with Crippen molar-refractivity contribution in [1.82, 2.24) is 9.88 Å². The van der Waals surface area contributed by atoms with Crippen molar-refractivity contribution in [3.05, 3.63) is 46.5 Å². The van der Waals surface area contributed by atoms with Crippen molar-refractivity contribution < 1.29 is 9.59 Å². The Hall–Kier alpha value is -2.21. The summed E-state index contributed by atoms with van der Waals surface area (Å²) in [6.45, 7) is 4.99. The first-order valence-electron chi connectivity index (χ1n) is 7.58. The molecule has 0 saturated carbocycles. The molecule has 1 aliphatic heterocycles. The Bertz CT molecular complexity index is 724. The number of aromatic nitrogens is 1. The quantitative estimate of drug-likeness (QED) is 0.938. The van der Waals surface area contributed by atoms with Gasteiger partial charge in [0.2, 0.25) is 11.8 Å². The van der Waals surface area contributed by atoms with Crippen LogP contribution in [0.4, 0.5) is 5.13 Å². The van der Waals surface area contributed by atoms with E-state index in [9.17, 15) is 9.59 Å². The molecule has 1 fully saturated rings. The van der Waals surface area contributed by atoms with E-state index in [2.05, 4.69) is 10.3 Å². The molecule has 3 rings (SSSR count). The molecule has 1 saturated heterocycles. The fourth-order valence-electron chi connectivity index (χ4n) is 2.63. The summed E-state index contributed by atoms with van der Waals surface area (Å²) >= 11 is 1.44. The molecule has 2 aromatic rings. The van der Waals surface area contributed by atoms with Gasteiger partial charge < -0.3 is 10.2 Å². The normalized spacial score (nSPS) is 17.6. The molecule has 6 heteroatoms. The van der Waals surface area contributed by atoms with Crippen LogP contribution >= 0.6 is 11.3 Å². The molecule has 0 aliphatic carbocycles. The van der Waals surface area contributed by atoms with Crippen LogP contribution in [0.5, 0.6) is 0 Å². The predicted molar refractivity (Wildman–Crippen MR) is 90.2 cm³/mol. The molecule has 1 aromatic carbocycles. The van der Waals surface area contributed by atoms with E-state index in [4.69, 9.17) is 0 Å². The van der Waals surface area contributed by atoms with Gasteiger partial charge in [0.1, 0.15) is 0 Å². The lowest BCUT2D eigenvalue weighted by molar-refractivity contribution is -0.128. The largest absolute Gasteiger partial charge is 0.338 e. The average Bonchev–Trinajstić information content (AvgIpc) is 3.08. The Balaban J connectivity index is 1.60. The van der Waals surface area contributed by atoms with Crippen LogP contribution in [0.1, 0.15) is 22.4 Å². The first-order chi connectivity index (χ1) is 11.0. The topological polar surface area (TPSA) is 62.3 Å². The van der Waals surface area contributed by atoms with Crippen LogP contribution in [0.15, 0.2) is 30.5 Å². The molecule has 1 atom stereocenters. The zero-order chi connectivity index (χ0) is 16.4. The molecule has 23 heavy (non-hydrogen) atoms. The number of carbonyl (C=O) groups is 2. The van der Waals surface area contributed by atoms with Gasteiger partial charge in [-0.05, 0) is 19.4 Å². The van der Waals surface area contributed by atoms with E-state index in [1.165, 1.54) is 16.9 Å². The molecule has 2 amide bonds. The maximum atomic E-state index is 12.3.